The Kier molecular flexibility index (Phi) is 5.38. The number of amides is 1. The minimum Gasteiger partial charge on any atom is -0.336 e. The summed E-state index contributed by atoms with van der Waals surface area (Å²) >= 11 is 0. The molecule has 1 amide bonds. The Labute approximate surface area is 146 Å². The van der Waals surface area contributed by atoms with Crippen molar-refractivity contribution >= 4 is 5.91 Å². The van der Waals surface area contributed by atoms with Crippen LogP contribution < -0.4 is 0 Å². The van der Waals surface area contributed by atoms with E-state index in [-0.39, 0.29) is 11.9 Å². The lowest BCUT2D eigenvalue weighted by atomic mass is 10.1. The molecule has 0 aliphatic carbocycles. The first-order chi connectivity index (χ1) is 12.1. The van der Waals surface area contributed by atoms with E-state index in [9.17, 15) is 13.6 Å². The van der Waals surface area contributed by atoms with Gasteiger partial charge >= 0.3 is 0 Å². The molecule has 6 heteroatoms. The molecule has 132 valence electrons. The van der Waals surface area contributed by atoms with E-state index in [0.717, 1.165) is 19.0 Å². The number of carbonyl (C=O) groups excluding carboxylic acids is 1. The fraction of sp³-hybridized carbons (Fsp3) is 0.368. The van der Waals surface area contributed by atoms with Crippen molar-refractivity contribution in [2.24, 2.45) is 0 Å². The molecule has 0 unspecified atom stereocenters. The zero-order valence-electron chi connectivity index (χ0n) is 14.2. The molecule has 0 spiro atoms. The highest BCUT2D eigenvalue weighted by atomic mass is 19.1. The van der Waals surface area contributed by atoms with Gasteiger partial charge in [0, 0.05) is 50.0 Å². The molecule has 0 saturated carbocycles. The van der Waals surface area contributed by atoms with Gasteiger partial charge in [-0.3, -0.25) is 14.7 Å². The average Bonchev–Trinajstić information content (AvgIpc) is 2.87. The summed E-state index contributed by atoms with van der Waals surface area (Å²) in [5, 5.41) is 0. The van der Waals surface area contributed by atoms with Crippen molar-refractivity contribution in [3.8, 4) is 0 Å². The topological polar surface area (TPSA) is 36.4 Å². The number of halogens is 2. The summed E-state index contributed by atoms with van der Waals surface area (Å²) in [4.78, 5) is 20.6. The molecule has 1 aliphatic rings. The van der Waals surface area contributed by atoms with Gasteiger partial charge in [0.2, 0.25) is 0 Å². The second-order valence-electron chi connectivity index (χ2n) is 6.24. The maximum absolute atomic E-state index is 14.0. The van der Waals surface area contributed by atoms with E-state index in [2.05, 4.69) is 9.88 Å². The number of aromatic nitrogens is 1. The van der Waals surface area contributed by atoms with E-state index in [1.165, 1.54) is 12.1 Å². The molecule has 2 aromatic rings. The van der Waals surface area contributed by atoms with Crippen LogP contribution in [-0.4, -0.2) is 46.9 Å². The van der Waals surface area contributed by atoms with Gasteiger partial charge in [-0.05, 0) is 31.5 Å². The maximum atomic E-state index is 14.0. The number of hydrogen-bond donors (Lipinski definition) is 0. The van der Waals surface area contributed by atoms with Crippen molar-refractivity contribution in [3.05, 3.63) is 65.5 Å². The average molecular weight is 345 g/mol. The SMILES string of the molecule is C[C@H](c1ccc(F)cc1F)N1CCCN(C(=O)c2ccccn2)CC1. The van der Waals surface area contributed by atoms with E-state index < -0.39 is 11.6 Å². The molecule has 0 N–H and O–H groups in total. The van der Waals surface area contributed by atoms with E-state index in [1.807, 2.05) is 6.92 Å². The van der Waals surface area contributed by atoms with Crippen LogP contribution >= 0.6 is 0 Å². The minimum atomic E-state index is -0.573. The van der Waals surface area contributed by atoms with Crippen LogP contribution in [0.3, 0.4) is 0 Å². The Hall–Kier alpha value is -2.34. The summed E-state index contributed by atoms with van der Waals surface area (Å²) in [5.74, 6) is -1.18. The van der Waals surface area contributed by atoms with E-state index in [1.54, 1.807) is 29.3 Å². The fourth-order valence-corrected chi connectivity index (χ4v) is 3.22. The monoisotopic (exact) mass is 345 g/mol. The molecule has 1 aliphatic heterocycles. The highest BCUT2D eigenvalue weighted by molar-refractivity contribution is 5.92. The number of benzene rings is 1. The van der Waals surface area contributed by atoms with Crippen molar-refractivity contribution in [1.82, 2.24) is 14.8 Å². The van der Waals surface area contributed by atoms with Gasteiger partial charge in [0.05, 0.1) is 0 Å². The molecule has 3 rings (SSSR count). The third-order valence-corrected chi connectivity index (χ3v) is 4.66. The number of rotatable bonds is 3. The van der Waals surface area contributed by atoms with Crippen LogP contribution in [0.1, 0.15) is 35.4 Å². The summed E-state index contributed by atoms with van der Waals surface area (Å²) in [7, 11) is 0. The third kappa shape index (κ3) is 4.02. The predicted molar refractivity (Wildman–Crippen MR) is 91.1 cm³/mol. The molecule has 4 nitrogen and oxygen atoms in total. The van der Waals surface area contributed by atoms with Gasteiger partial charge in [-0.2, -0.15) is 0 Å². The van der Waals surface area contributed by atoms with Gasteiger partial charge in [-0.1, -0.05) is 12.1 Å². The van der Waals surface area contributed by atoms with Crippen molar-refractivity contribution in [2.75, 3.05) is 26.2 Å². The largest absolute Gasteiger partial charge is 0.336 e. The molecule has 1 fully saturated rings. The molecular weight excluding hydrogens is 324 g/mol. The smallest absolute Gasteiger partial charge is 0.272 e. The number of carbonyl (C=O) groups is 1. The Balaban J connectivity index is 1.68. The molecule has 25 heavy (non-hydrogen) atoms. The molecule has 1 saturated heterocycles. The Bertz CT molecular complexity index is 739. The van der Waals surface area contributed by atoms with Crippen molar-refractivity contribution in [2.45, 2.75) is 19.4 Å². The quantitative estimate of drug-likeness (QED) is 0.857. The van der Waals surface area contributed by atoms with Crippen molar-refractivity contribution in [1.29, 1.82) is 0 Å². The van der Waals surface area contributed by atoms with Gasteiger partial charge in [-0.25, -0.2) is 8.78 Å². The van der Waals surface area contributed by atoms with Gasteiger partial charge in [0.1, 0.15) is 17.3 Å². The van der Waals surface area contributed by atoms with E-state index in [0.29, 0.717) is 30.9 Å². The lowest BCUT2D eigenvalue weighted by molar-refractivity contribution is 0.0752. The van der Waals surface area contributed by atoms with Crippen LogP contribution in [0.5, 0.6) is 0 Å². The third-order valence-electron chi connectivity index (χ3n) is 4.66. The summed E-state index contributed by atoms with van der Waals surface area (Å²) in [6, 6.07) is 8.80. The highest BCUT2D eigenvalue weighted by Gasteiger charge is 2.25. The van der Waals surface area contributed by atoms with Crippen LogP contribution in [0.25, 0.3) is 0 Å². The van der Waals surface area contributed by atoms with Crippen LogP contribution in [0, 0.1) is 11.6 Å². The second-order valence-corrected chi connectivity index (χ2v) is 6.24. The Morgan fingerprint density at radius 2 is 1.96 bits per heavy atom. The van der Waals surface area contributed by atoms with Gasteiger partial charge in [-0.15, -0.1) is 0 Å². The fourth-order valence-electron chi connectivity index (χ4n) is 3.22. The first-order valence-corrected chi connectivity index (χ1v) is 8.45. The summed E-state index contributed by atoms with van der Waals surface area (Å²) < 4.78 is 27.2. The van der Waals surface area contributed by atoms with Crippen molar-refractivity contribution in [3.63, 3.8) is 0 Å². The van der Waals surface area contributed by atoms with Crippen LogP contribution in [0.2, 0.25) is 0 Å². The molecule has 1 aromatic heterocycles. The predicted octanol–water partition coefficient (Wildman–Crippen LogP) is 3.27. The summed E-state index contributed by atoms with van der Waals surface area (Å²) in [6.45, 7) is 4.50. The Morgan fingerprint density at radius 1 is 1.12 bits per heavy atom. The maximum Gasteiger partial charge on any atom is 0.272 e. The number of hydrogen-bond acceptors (Lipinski definition) is 3. The minimum absolute atomic E-state index is 0.0805. The molecule has 0 radical (unpaired) electrons. The first kappa shape index (κ1) is 17.5. The standard InChI is InChI=1S/C19H21F2N3O/c1-14(16-7-6-15(20)13-17(16)21)23-9-4-10-24(12-11-23)19(25)18-5-2-3-8-22-18/h2-3,5-8,13-14H,4,9-12H2,1H3/t14-/m1/s1. The lowest BCUT2D eigenvalue weighted by Crippen LogP contribution is -2.36. The number of pyridine rings is 1. The summed E-state index contributed by atoms with van der Waals surface area (Å²) in [6.07, 6.45) is 2.41. The molecular formula is C19H21F2N3O. The normalized spacial score (nSPS) is 17.2. The molecule has 0 bridgehead atoms. The van der Waals surface area contributed by atoms with Crippen LogP contribution in [0.4, 0.5) is 8.78 Å². The number of nitrogens with zero attached hydrogens (tertiary/aromatic N) is 3. The van der Waals surface area contributed by atoms with Gasteiger partial charge in [0.15, 0.2) is 0 Å². The molecule has 2 heterocycles. The second kappa shape index (κ2) is 7.70. The van der Waals surface area contributed by atoms with Crippen LogP contribution in [-0.2, 0) is 0 Å². The Morgan fingerprint density at radius 3 is 2.68 bits per heavy atom. The lowest BCUT2D eigenvalue weighted by Gasteiger charge is -2.28. The van der Waals surface area contributed by atoms with Crippen LogP contribution in [0.15, 0.2) is 42.6 Å². The van der Waals surface area contributed by atoms with Gasteiger partial charge < -0.3 is 4.90 Å². The zero-order valence-corrected chi connectivity index (χ0v) is 14.2. The first-order valence-electron chi connectivity index (χ1n) is 8.45. The summed E-state index contributed by atoms with van der Waals surface area (Å²) in [5.41, 5.74) is 0.916. The highest BCUT2D eigenvalue weighted by Crippen LogP contribution is 2.25. The molecule has 1 atom stereocenters. The van der Waals surface area contributed by atoms with Crippen molar-refractivity contribution < 1.29 is 13.6 Å². The van der Waals surface area contributed by atoms with E-state index in [4.69, 9.17) is 0 Å². The molecule has 1 aromatic carbocycles. The van der Waals surface area contributed by atoms with E-state index >= 15 is 0 Å². The zero-order chi connectivity index (χ0) is 17.8. The van der Waals surface area contributed by atoms with Gasteiger partial charge in [0.25, 0.3) is 5.91 Å².